The Morgan fingerprint density at radius 1 is 1.19 bits per heavy atom. The van der Waals surface area contributed by atoms with Crippen LogP contribution in [0.1, 0.15) is 51.2 Å². The summed E-state index contributed by atoms with van der Waals surface area (Å²) in [5.74, 6) is 1.08. The summed E-state index contributed by atoms with van der Waals surface area (Å²) in [5, 5.41) is 9.51. The quantitative estimate of drug-likeness (QED) is 0.806. The zero-order valence-corrected chi connectivity index (χ0v) is 10.7. The Labute approximate surface area is 98.5 Å². The van der Waals surface area contributed by atoms with Crippen molar-refractivity contribution in [1.29, 1.82) is 0 Å². The molecule has 0 bridgehead atoms. The maximum Gasteiger partial charge on any atom is 0.0546 e. The van der Waals surface area contributed by atoms with Gasteiger partial charge in [-0.2, -0.15) is 0 Å². The Balaban J connectivity index is 2.10. The van der Waals surface area contributed by atoms with Gasteiger partial charge in [0.05, 0.1) is 6.10 Å². The lowest BCUT2D eigenvalue weighted by Crippen LogP contribution is -2.10. The molecule has 0 spiro atoms. The van der Waals surface area contributed by atoms with Crippen LogP contribution in [0.25, 0.3) is 0 Å². The lowest BCUT2D eigenvalue weighted by atomic mass is 9.86. The Bertz CT molecular complexity index is 356. The van der Waals surface area contributed by atoms with Gasteiger partial charge in [0.25, 0.3) is 0 Å². The van der Waals surface area contributed by atoms with Gasteiger partial charge in [-0.1, -0.05) is 45.0 Å². The lowest BCUT2D eigenvalue weighted by Gasteiger charge is -2.19. The first-order chi connectivity index (χ1) is 7.39. The third kappa shape index (κ3) is 2.30. The van der Waals surface area contributed by atoms with Crippen molar-refractivity contribution in [3.8, 4) is 0 Å². The first-order valence-corrected chi connectivity index (χ1v) is 6.18. The van der Waals surface area contributed by atoms with Gasteiger partial charge in [-0.3, -0.25) is 0 Å². The van der Waals surface area contributed by atoms with E-state index in [1.54, 1.807) is 0 Å². The van der Waals surface area contributed by atoms with E-state index in [0.717, 1.165) is 6.42 Å². The molecular formula is C15H22O. The van der Waals surface area contributed by atoms with E-state index >= 15 is 0 Å². The van der Waals surface area contributed by atoms with Crippen molar-refractivity contribution in [2.75, 3.05) is 0 Å². The Kier molecular flexibility index (Phi) is 2.83. The number of aliphatic hydroxyl groups excluding tert-OH is 1. The van der Waals surface area contributed by atoms with Gasteiger partial charge < -0.3 is 5.11 Å². The molecule has 1 heteroatoms. The molecule has 1 aromatic carbocycles. The first kappa shape index (κ1) is 11.7. The highest BCUT2D eigenvalue weighted by molar-refractivity contribution is 5.32. The second-order valence-electron chi connectivity index (χ2n) is 6.12. The van der Waals surface area contributed by atoms with Crippen LogP contribution < -0.4 is 0 Å². The van der Waals surface area contributed by atoms with Gasteiger partial charge in [0.2, 0.25) is 0 Å². The van der Waals surface area contributed by atoms with Gasteiger partial charge >= 0.3 is 0 Å². The van der Waals surface area contributed by atoms with Crippen LogP contribution in [0.5, 0.6) is 0 Å². The number of benzene rings is 1. The van der Waals surface area contributed by atoms with Crippen molar-refractivity contribution in [1.82, 2.24) is 0 Å². The van der Waals surface area contributed by atoms with Crippen LogP contribution in [-0.4, -0.2) is 11.2 Å². The third-order valence-electron chi connectivity index (χ3n) is 3.66. The summed E-state index contributed by atoms with van der Waals surface area (Å²) >= 11 is 0. The minimum absolute atomic E-state index is 0.160. The third-order valence-corrected chi connectivity index (χ3v) is 3.66. The van der Waals surface area contributed by atoms with E-state index in [1.807, 2.05) is 6.92 Å². The van der Waals surface area contributed by atoms with E-state index < -0.39 is 0 Å². The van der Waals surface area contributed by atoms with E-state index in [2.05, 4.69) is 45.0 Å². The summed E-state index contributed by atoms with van der Waals surface area (Å²) in [7, 11) is 0. The smallest absolute Gasteiger partial charge is 0.0546 e. The van der Waals surface area contributed by atoms with Crippen molar-refractivity contribution in [3.05, 3.63) is 35.4 Å². The molecule has 2 rings (SSSR count). The fourth-order valence-corrected chi connectivity index (χ4v) is 2.36. The zero-order chi connectivity index (χ0) is 11.9. The molecule has 1 aliphatic rings. The van der Waals surface area contributed by atoms with Gasteiger partial charge in [0, 0.05) is 0 Å². The molecule has 0 heterocycles. The average Bonchev–Trinajstić information content (AvgIpc) is 2.96. The van der Waals surface area contributed by atoms with Crippen LogP contribution in [0.3, 0.4) is 0 Å². The highest BCUT2D eigenvalue weighted by Gasteiger charge is 2.41. The van der Waals surface area contributed by atoms with Crippen molar-refractivity contribution in [2.24, 2.45) is 5.92 Å². The molecule has 1 aromatic rings. The fraction of sp³-hybridized carbons (Fsp3) is 0.600. The number of hydrogen-bond donors (Lipinski definition) is 1. The van der Waals surface area contributed by atoms with Gasteiger partial charge in [0.15, 0.2) is 0 Å². The van der Waals surface area contributed by atoms with Gasteiger partial charge in [-0.15, -0.1) is 0 Å². The Morgan fingerprint density at radius 3 is 2.12 bits per heavy atom. The van der Waals surface area contributed by atoms with Crippen LogP contribution in [0.2, 0.25) is 0 Å². The van der Waals surface area contributed by atoms with Crippen LogP contribution in [0.4, 0.5) is 0 Å². The second-order valence-corrected chi connectivity index (χ2v) is 6.12. The topological polar surface area (TPSA) is 20.2 Å². The Hall–Kier alpha value is -0.820. The van der Waals surface area contributed by atoms with Crippen LogP contribution in [0.15, 0.2) is 24.3 Å². The monoisotopic (exact) mass is 218 g/mol. The molecule has 3 atom stereocenters. The van der Waals surface area contributed by atoms with E-state index in [4.69, 9.17) is 0 Å². The van der Waals surface area contributed by atoms with Gasteiger partial charge in [-0.25, -0.2) is 0 Å². The molecule has 0 aromatic heterocycles. The number of hydrogen-bond acceptors (Lipinski definition) is 1. The SMILES string of the molecule is CC(O)C1CC1c1ccc(C(C)(C)C)cc1. The maximum atomic E-state index is 9.51. The molecule has 88 valence electrons. The molecule has 0 aliphatic heterocycles. The van der Waals surface area contributed by atoms with Crippen LogP contribution in [0, 0.1) is 5.92 Å². The van der Waals surface area contributed by atoms with Crippen molar-refractivity contribution >= 4 is 0 Å². The minimum atomic E-state index is -0.160. The summed E-state index contributed by atoms with van der Waals surface area (Å²) in [4.78, 5) is 0. The maximum absolute atomic E-state index is 9.51. The molecule has 16 heavy (non-hydrogen) atoms. The minimum Gasteiger partial charge on any atom is -0.393 e. The zero-order valence-electron chi connectivity index (χ0n) is 10.7. The molecule has 3 unspecified atom stereocenters. The van der Waals surface area contributed by atoms with Gasteiger partial charge in [0.1, 0.15) is 0 Å². The molecule has 0 radical (unpaired) electrons. The summed E-state index contributed by atoms with van der Waals surface area (Å²) in [6, 6.07) is 8.92. The molecule has 1 saturated carbocycles. The lowest BCUT2D eigenvalue weighted by molar-refractivity contribution is 0.169. The predicted octanol–water partition coefficient (Wildman–Crippen LogP) is 3.47. The molecule has 0 amide bonds. The van der Waals surface area contributed by atoms with Crippen molar-refractivity contribution < 1.29 is 5.11 Å². The molecular weight excluding hydrogens is 196 g/mol. The van der Waals surface area contributed by atoms with Crippen LogP contribution >= 0.6 is 0 Å². The van der Waals surface area contributed by atoms with E-state index in [1.165, 1.54) is 11.1 Å². The summed E-state index contributed by atoms with van der Waals surface area (Å²) in [5.41, 5.74) is 3.00. The van der Waals surface area contributed by atoms with Crippen LogP contribution in [-0.2, 0) is 5.41 Å². The standard InChI is InChI=1S/C15H22O/c1-10(16)13-9-14(13)11-5-7-12(8-6-11)15(2,3)4/h5-8,10,13-14,16H,9H2,1-4H3. The first-order valence-electron chi connectivity index (χ1n) is 6.18. The number of rotatable bonds is 2. The molecule has 1 N–H and O–H groups in total. The molecule has 1 nitrogen and oxygen atoms in total. The van der Waals surface area contributed by atoms with E-state index in [0.29, 0.717) is 11.8 Å². The number of aliphatic hydroxyl groups is 1. The van der Waals surface area contributed by atoms with Gasteiger partial charge in [-0.05, 0) is 41.7 Å². The highest BCUT2D eigenvalue weighted by atomic mass is 16.3. The molecule has 0 saturated heterocycles. The largest absolute Gasteiger partial charge is 0.393 e. The van der Waals surface area contributed by atoms with E-state index in [-0.39, 0.29) is 11.5 Å². The normalized spacial score (nSPS) is 26.6. The summed E-state index contributed by atoms with van der Waals surface area (Å²) in [6.45, 7) is 8.60. The Morgan fingerprint density at radius 2 is 1.75 bits per heavy atom. The van der Waals surface area contributed by atoms with Crippen molar-refractivity contribution in [2.45, 2.75) is 51.6 Å². The summed E-state index contributed by atoms with van der Waals surface area (Å²) in [6.07, 6.45) is 0.985. The molecule has 1 aliphatic carbocycles. The molecule has 1 fully saturated rings. The predicted molar refractivity (Wildman–Crippen MR) is 67.7 cm³/mol. The van der Waals surface area contributed by atoms with Crippen molar-refractivity contribution in [3.63, 3.8) is 0 Å². The van der Waals surface area contributed by atoms with E-state index in [9.17, 15) is 5.11 Å². The second kappa shape index (κ2) is 3.89. The average molecular weight is 218 g/mol. The highest BCUT2D eigenvalue weighted by Crippen LogP contribution is 2.49. The summed E-state index contributed by atoms with van der Waals surface area (Å²) < 4.78 is 0. The fourth-order valence-electron chi connectivity index (χ4n) is 2.36.